The molecule has 0 spiro atoms. The molecular weight excluding hydrogens is 310 g/mol. The predicted molar refractivity (Wildman–Crippen MR) is 87.1 cm³/mol. The molecule has 24 heavy (non-hydrogen) atoms. The van der Waals surface area contributed by atoms with Gasteiger partial charge in [0.05, 0.1) is 6.10 Å². The SMILES string of the molecule is O=C(O)Cn1ccc(NC(=O)c2ccc(OC3CCCC3)cc2)n1. The summed E-state index contributed by atoms with van der Waals surface area (Å²) in [5.74, 6) is -0.214. The Morgan fingerprint density at radius 2 is 1.92 bits per heavy atom. The number of nitrogens with zero attached hydrogens (tertiary/aromatic N) is 2. The second-order valence-electron chi connectivity index (χ2n) is 5.80. The number of carboxylic acid groups (broad SMARTS) is 1. The van der Waals surface area contributed by atoms with Gasteiger partial charge in [-0.1, -0.05) is 0 Å². The monoisotopic (exact) mass is 329 g/mol. The van der Waals surface area contributed by atoms with Crippen molar-refractivity contribution in [1.82, 2.24) is 9.78 Å². The lowest BCUT2D eigenvalue weighted by Gasteiger charge is -2.13. The number of nitrogens with one attached hydrogen (secondary N) is 1. The summed E-state index contributed by atoms with van der Waals surface area (Å²) in [6.45, 7) is -0.247. The summed E-state index contributed by atoms with van der Waals surface area (Å²) in [5, 5.41) is 15.3. The van der Waals surface area contributed by atoms with E-state index in [1.165, 1.54) is 23.7 Å². The molecule has 1 aliphatic rings. The Balaban J connectivity index is 1.58. The van der Waals surface area contributed by atoms with Crippen molar-refractivity contribution in [3.05, 3.63) is 42.1 Å². The number of aromatic nitrogens is 2. The molecule has 2 N–H and O–H groups in total. The van der Waals surface area contributed by atoms with Crippen LogP contribution in [0.25, 0.3) is 0 Å². The molecule has 7 nitrogen and oxygen atoms in total. The van der Waals surface area contributed by atoms with Gasteiger partial charge in [0.15, 0.2) is 5.82 Å². The summed E-state index contributed by atoms with van der Waals surface area (Å²) in [7, 11) is 0. The number of amides is 1. The summed E-state index contributed by atoms with van der Waals surface area (Å²) in [4.78, 5) is 22.8. The minimum absolute atomic E-state index is 0.247. The van der Waals surface area contributed by atoms with Crippen molar-refractivity contribution in [1.29, 1.82) is 0 Å². The lowest BCUT2D eigenvalue weighted by Crippen LogP contribution is -2.14. The van der Waals surface area contributed by atoms with Crippen molar-refractivity contribution < 1.29 is 19.4 Å². The molecule has 126 valence electrons. The zero-order valence-corrected chi connectivity index (χ0v) is 13.1. The average Bonchev–Trinajstić information content (AvgIpc) is 3.20. The molecule has 0 saturated heterocycles. The zero-order valence-electron chi connectivity index (χ0n) is 13.1. The molecule has 1 aromatic carbocycles. The van der Waals surface area contributed by atoms with Crippen molar-refractivity contribution in [3.63, 3.8) is 0 Å². The standard InChI is InChI=1S/C17H19N3O4/c21-16(22)11-20-10-9-15(19-20)18-17(23)12-5-7-14(8-6-12)24-13-3-1-2-4-13/h5-10,13H,1-4,11H2,(H,21,22)(H,18,19,23). The number of rotatable bonds is 6. The molecular formula is C17H19N3O4. The van der Waals surface area contributed by atoms with Crippen molar-refractivity contribution in [2.75, 3.05) is 5.32 Å². The highest BCUT2D eigenvalue weighted by Crippen LogP contribution is 2.24. The van der Waals surface area contributed by atoms with E-state index >= 15 is 0 Å². The normalized spacial score (nSPS) is 14.5. The minimum atomic E-state index is -0.992. The summed E-state index contributed by atoms with van der Waals surface area (Å²) in [5.41, 5.74) is 0.488. The predicted octanol–water partition coefficient (Wildman–Crippen LogP) is 2.54. The van der Waals surface area contributed by atoms with Crippen molar-refractivity contribution in [2.45, 2.75) is 38.3 Å². The molecule has 1 fully saturated rings. The van der Waals surface area contributed by atoms with Crippen LogP contribution in [0.4, 0.5) is 5.82 Å². The van der Waals surface area contributed by atoms with Crippen LogP contribution in [0.5, 0.6) is 5.75 Å². The van der Waals surface area contributed by atoms with E-state index < -0.39 is 5.97 Å². The molecule has 0 radical (unpaired) electrons. The number of benzene rings is 1. The first-order chi connectivity index (χ1) is 11.6. The van der Waals surface area contributed by atoms with E-state index in [0.29, 0.717) is 11.4 Å². The largest absolute Gasteiger partial charge is 0.490 e. The summed E-state index contributed by atoms with van der Waals surface area (Å²) in [6, 6.07) is 8.53. The van der Waals surface area contributed by atoms with Gasteiger partial charge in [-0.25, -0.2) is 0 Å². The Morgan fingerprint density at radius 3 is 2.58 bits per heavy atom. The number of carbonyl (C=O) groups is 2. The highest BCUT2D eigenvalue weighted by atomic mass is 16.5. The number of carboxylic acids is 1. The first-order valence-corrected chi connectivity index (χ1v) is 7.93. The smallest absolute Gasteiger partial charge is 0.325 e. The molecule has 2 aromatic rings. The molecule has 1 saturated carbocycles. The Kier molecular flexibility index (Phi) is 4.79. The third-order valence-corrected chi connectivity index (χ3v) is 3.90. The second-order valence-corrected chi connectivity index (χ2v) is 5.80. The van der Waals surface area contributed by atoms with E-state index in [9.17, 15) is 9.59 Å². The molecule has 1 heterocycles. The lowest BCUT2D eigenvalue weighted by atomic mass is 10.2. The quantitative estimate of drug-likeness (QED) is 0.849. The van der Waals surface area contributed by atoms with Crippen molar-refractivity contribution in [3.8, 4) is 5.75 Å². The minimum Gasteiger partial charge on any atom is -0.490 e. The van der Waals surface area contributed by atoms with Gasteiger partial charge in [-0.3, -0.25) is 14.3 Å². The molecule has 0 bridgehead atoms. The van der Waals surface area contributed by atoms with E-state index in [0.717, 1.165) is 18.6 Å². The molecule has 0 unspecified atom stereocenters. The van der Waals surface area contributed by atoms with Gasteiger partial charge in [0.2, 0.25) is 0 Å². The highest BCUT2D eigenvalue weighted by Gasteiger charge is 2.16. The molecule has 7 heteroatoms. The first kappa shape index (κ1) is 16.0. The molecule has 3 rings (SSSR count). The van der Waals surface area contributed by atoms with Gasteiger partial charge < -0.3 is 15.2 Å². The van der Waals surface area contributed by atoms with Gasteiger partial charge in [-0.15, -0.1) is 0 Å². The van der Waals surface area contributed by atoms with E-state index in [4.69, 9.17) is 9.84 Å². The highest BCUT2D eigenvalue weighted by molar-refractivity contribution is 6.03. The van der Waals surface area contributed by atoms with Crippen molar-refractivity contribution >= 4 is 17.7 Å². The van der Waals surface area contributed by atoms with E-state index in [2.05, 4.69) is 10.4 Å². The van der Waals surface area contributed by atoms with E-state index in [1.54, 1.807) is 30.3 Å². The fraction of sp³-hybridized carbons (Fsp3) is 0.353. The van der Waals surface area contributed by atoms with Gasteiger partial charge in [0.1, 0.15) is 12.3 Å². The van der Waals surface area contributed by atoms with Crippen LogP contribution in [0.3, 0.4) is 0 Å². The maximum atomic E-state index is 12.2. The number of anilines is 1. The van der Waals surface area contributed by atoms with Gasteiger partial charge in [-0.05, 0) is 49.9 Å². The maximum absolute atomic E-state index is 12.2. The molecule has 1 aliphatic carbocycles. The van der Waals surface area contributed by atoms with Crippen LogP contribution in [-0.4, -0.2) is 32.9 Å². The van der Waals surface area contributed by atoms with Crippen LogP contribution in [0.2, 0.25) is 0 Å². The first-order valence-electron chi connectivity index (χ1n) is 7.93. The van der Waals surface area contributed by atoms with Crippen LogP contribution >= 0.6 is 0 Å². The van der Waals surface area contributed by atoms with E-state index in [-0.39, 0.29) is 18.6 Å². The Morgan fingerprint density at radius 1 is 1.21 bits per heavy atom. The van der Waals surface area contributed by atoms with Crippen LogP contribution in [-0.2, 0) is 11.3 Å². The van der Waals surface area contributed by atoms with Crippen LogP contribution in [0, 0.1) is 0 Å². The molecule has 1 aromatic heterocycles. The number of aliphatic carboxylic acids is 1. The van der Waals surface area contributed by atoms with Gasteiger partial charge in [0.25, 0.3) is 5.91 Å². The van der Waals surface area contributed by atoms with Gasteiger partial charge in [-0.2, -0.15) is 5.10 Å². The summed E-state index contributed by atoms with van der Waals surface area (Å²) >= 11 is 0. The average molecular weight is 329 g/mol. The second kappa shape index (κ2) is 7.16. The fourth-order valence-corrected chi connectivity index (χ4v) is 2.73. The third-order valence-electron chi connectivity index (χ3n) is 3.90. The third kappa shape index (κ3) is 4.13. The summed E-state index contributed by atoms with van der Waals surface area (Å²) < 4.78 is 7.11. The lowest BCUT2D eigenvalue weighted by molar-refractivity contribution is -0.137. The Bertz CT molecular complexity index is 718. The zero-order chi connectivity index (χ0) is 16.9. The Labute approximate surface area is 139 Å². The fourth-order valence-electron chi connectivity index (χ4n) is 2.73. The number of carbonyl (C=O) groups excluding carboxylic acids is 1. The van der Waals surface area contributed by atoms with E-state index in [1.807, 2.05) is 0 Å². The number of ether oxygens (including phenoxy) is 1. The van der Waals surface area contributed by atoms with Crippen LogP contribution in [0.15, 0.2) is 36.5 Å². The molecule has 1 amide bonds. The number of hydrogen-bond acceptors (Lipinski definition) is 4. The molecule has 0 atom stereocenters. The summed E-state index contributed by atoms with van der Waals surface area (Å²) in [6.07, 6.45) is 6.37. The van der Waals surface area contributed by atoms with Gasteiger partial charge in [0, 0.05) is 17.8 Å². The van der Waals surface area contributed by atoms with Crippen LogP contribution < -0.4 is 10.1 Å². The van der Waals surface area contributed by atoms with Gasteiger partial charge >= 0.3 is 5.97 Å². The maximum Gasteiger partial charge on any atom is 0.325 e. The Hall–Kier alpha value is -2.83. The number of hydrogen-bond donors (Lipinski definition) is 2. The van der Waals surface area contributed by atoms with Crippen LogP contribution in [0.1, 0.15) is 36.0 Å². The molecule has 0 aliphatic heterocycles. The topological polar surface area (TPSA) is 93.5 Å². The van der Waals surface area contributed by atoms with Crippen molar-refractivity contribution in [2.24, 2.45) is 0 Å².